The van der Waals surface area contributed by atoms with E-state index in [4.69, 9.17) is 0 Å². The number of aliphatic hydroxyl groups excluding tert-OH is 2. The van der Waals surface area contributed by atoms with Crippen molar-refractivity contribution in [3.05, 3.63) is 34.9 Å². The highest BCUT2D eigenvalue weighted by Crippen LogP contribution is 2.79. The molecule has 232 valence electrons. The van der Waals surface area contributed by atoms with Crippen molar-refractivity contribution in [2.45, 2.75) is 141 Å². The molecule has 4 nitrogen and oxygen atoms in total. The van der Waals surface area contributed by atoms with Crippen LogP contribution in [-0.2, 0) is 0 Å². The Balaban J connectivity index is 1.15. The zero-order valence-corrected chi connectivity index (χ0v) is 27.1. The van der Waals surface area contributed by atoms with Gasteiger partial charge in [0.1, 0.15) is 0 Å². The van der Waals surface area contributed by atoms with Crippen molar-refractivity contribution in [1.82, 2.24) is 10.6 Å². The Morgan fingerprint density at radius 2 is 1.90 bits per heavy atom. The van der Waals surface area contributed by atoms with Gasteiger partial charge >= 0.3 is 0 Å². The Bertz CT molecular complexity index is 1240. The summed E-state index contributed by atoms with van der Waals surface area (Å²) in [6, 6.07) is 0.139. The Morgan fingerprint density at radius 1 is 1.10 bits per heavy atom. The molecule has 2 saturated heterocycles. The van der Waals surface area contributed by atoms with Crippen molar-refractivity contribution in [3.63, 3.8) is 0 Å². The van der Waals surface area contributed by atoms with Crippen LogP contribution in [-0.4, -0.2) is 46.1 Å². The van der Waals surface area contributed by atoms with Crippen molar-refractivity contribution in [3.8, 4) is 0 Å². The molecule has 4 N–H and O–H groups in total. The molecule has 7 fully saturated rings. The van der Waals surface area contributed by atoms with Gasteiger partial charge in [0.05, 0.1) is 12.2 Å². The number of piperidine rings is 2. The van der Waals surface area contributed by atoms with Gasteiger partial charge in [-0.3, -0.25) is 0 Å². The lowest BCUT2D eigenvalue weighted by atomic mass is 9.41. The lowest BCUT2D eigenvalue weighted by Gasteiger charge is -2.70. The summed E-state index contributed by atoms with van der Waals surface area (Å²) in [5, 5.41) is 30.0. The molecular weight excluding hydrogens is 516 g/mol. The van der Waals surface area contributed by atoms with Crippen LogP contribution >= 0.6 is 0 Å². The maximum Gasteiger partial charge on any atom is 0.0724 e. The van der Waals surface area contributed by atoms with E-state index in [1.165, 1.54) is 76.2 Å². The van der Waals surface area contributed by atoms with Gasteiger partial charge < -0.3 is 20.8 Å². The highest BCUT2D eigenvalue weighted by molar-refractivity contribution is 5.46. The third-order valence-electron chi connectivity index (χ3n) is 15.7. The molecular formula is C38H58N2O2. The zero-order valence-electron chi connectivity index (χ0n) is 27.1. The number of hydrogen-bond donors (Lipinski definition) is 4. The van der Waals surface area contributed by atoms with Gasteiger partial charge in [0.15, 0.2) is 0 Å². The van der Waals surface area contributed by atoms with E-state index in [0.29, 0.717) is 35.1 Å². The van der Waals surface area contributed by atoms with Crippen molar-refractivity contribution in [2.24, 2.45) is 52.3 Å². The SMILES string of the molecule is C=C(C)C1CCC2(C)CC(C34CCC5CC6CC7CC(NCC(C)O)C(O)C8CCC(C3)C6(C78)C5(C)N4)=CC(C)=C2C1. The first-order chi connectivity index (χ1) is 19.9. The van der Waals surface area contributed by atoms with Crippen LogP contribution in [0.15, 0.2) is 34.9 Å². The predicted octanol–water partition coefficient (Wildman–Crippen LogP) is 6.69. The topological polar surface area (TPSA) is 64.5 Å². The van der Waals surface area contributed by atoms with Crippen LogP contribution in [0.25, 0.3) is 0 Å². The maximum atomic E-state index is 11.8. The van der Waals surface area contributed by atoms with Gasteiger partial charge in [0.2, 0.25) is 0 Å². The molecule has 2 bridgehead atoms. The summed E-state index contributed by atoms with van der Waals surface area (Å²) in [4.78, 5) is 0. The molecule has 4 heteroatoms. The zero-order chi connectivity index (χ0) is 29.4. The molecule has 5 saturated carbocycles. The van der Waals surface area contributed by atoms with E-state index in [2.05, 4.69) is 51.0 Å². The molecule has 0 aromatic rings. The Kier molecular flexibility index (Phi) is 6.32. The summed E-state index contributed by atoms with van der Waals surface area (Å²) in [5.74, 6) is 4.81. The van der Waals surface area contributed by atoms with Crippen LogP contribution in [0.5, 0.6) is 0 Å². The smallest absolute Gasteiger partial charge is 0.0724 e. The predicted molar refractivity (Wildman–Crippen MR) is 170 cm³/mol. The molecule has 0 aromatic carbocycles. The molecule has 8 rings (SSSR count). The van der Waals surface area contributed by atoms with Gasteiger partial charge in [-0.1, -0.05) is 36.3 Å². The number of allylic oxidation sites excluding steroid dienone is 4. The molecule has 1 spiro atoms. The first-order valence-electron chi connectivity index (χ1n) is 17.9. The van der Waals surface area contributed by atoms with Gasteiger partial charge in [-0.25, -0.2) is 0 Å². The minimum Gasteiger partial charge on any atom is -0.392 e. The first-order valence-corrected chi connectivity index (χ1v) is 17.9. The highest BCUT2D eigenvalue weighted by Gasteiger charge is 2.79. The monoisotopic (exact) mass is 574 g/mol. The van der Waals surface area contributed by atoms with E-state index in [1.807, 2.05) is 6.92 Å². The fourth-order valence-electron chi connectivity index (χ4n) is 14.3. The van der Waals surface area contributed by atoms with E-state index in [0.717, 1.165) is 30.1 Å². The van der Waals surface area contributed by atoms with Crippen LogP contribution in [0.3, 0.4) is 0 Å². The molecule has 6 aliphatic carbocycles. The Hall–Kier alpha value is -0.940. The summed E-state index contributed by atoms with van der Waals surface area (Å²) in [6.07, 6.45) is 17.4. The van der Waals surface area contributed by atoms with Gasteiger partial charge in [-0.15, -0.1) is 0 Å². The number of hydrogen-bond acceptors (Lipinski definition) is 4. The molecule has 14 atom stereocenters. The lowest BCUT2D eigenvalue weighted by molar-refractivity contribution is -0.180. The lowest BCUT2D eigenvalue weighted by Crippen LogP contribution is -2.78. The molecule has 42 heavy (non-hydrogen) atoms. The first kappa shape index (κ1) is 28.5. The maximum absolute atomic E-state index is 11.8. The molecule has 14 unspecified atom stereocenters. The average molecular weight is 575 g/mol. The van der Waals surface area contributed by atoms with Crippen LogP contribution in [0.1, 0.15) is 112 Å². The van der Waals surface area contributed by atoms with Gasteiger partial charge in [-0.05, 0) is 163 Å². The molecule has 2 aliphatic heterocycles. The Labute approximate surface area is 255 Å². The minimum absolute atomic E-state index is 0.139. The third kappa shape index (κ3) is 3.56. The number of fused-ring (bicyclic) bond motifs is 2. The number of nitrogens with one attached hydrogen (secondary N) is 2. The van der Waals surface area contributed by atoms with E-state index < -0.39 is 0 Å². The highest BCUT2D eigenvalue weighted by atomic mass is 16.3. The number of rotatable bonds is 5. The Morgan fingerprint density at radius 3 is 2.67 bits per heavy atom. The largest absolute Gasteiger partial charge is 0.392 e. The fraction of sp³-hybridized carbons (Fsp3) is 0.842. The third-order valence-corrected chi connectivity index (χ3v) is 15.7. The molecule has 0 radical (unpaired) electrons. The molecule has 8 aliphatic rings. The summed E-state index contributed by atoms with van der Waals surface area (Å²) in [7, 11) is 0. The van der Waals surface area contributed by atoms with Gasteiger partial charge in [-0.2, -0.15) is 0 Å². The van der Waals surface area contributed by atoms with Gasteiger partial charge in [0, 0.05) is 23.7 Å². The standard InChI is InChI=1S/C38H58N2O2/c1-21(2)24-9-11-35(5)18-29(13-22(3)31(35)15-24)37-12-10-26-17-28-14-25-16-32(39-20-23(4)41)34(42)30-8-7-27(19-37)38(28,33(25)30)36(26,6)40-37/h13,23-28,30,32-34,39-42H,1,7-12,14-20H2,2-6H3. The molecule has 0 aromatic heterocycles. The second-order valence-electron chi connectivity index (χ2n) is 17.6. The average Bonchev–Trinajstić information content (AvgIpc) is 3.41. The van der Waals surface area contributed by atoms with Gasteiger partial charge in [0.25, 0.3) is 0 Å². The summed E-state index contributed by atoms with van der Waals surface area (Å²) >= 11 is 0. The summed E-state index contributed by atoms with van der Waals surface area (Å²) < 4.78 is 0. The van der Waals surface area contributed by atoms with Crippen LogP contribution in [0.4, 0.5) is 0 Å². The van der Waals surface area contributed by atoms with Crippen molar-refractivity contribution in [1.29, 1.82) is 0 Å². The van der Waals surface area contributed by atoms with Crippen LogP contribution < -0.4 is 10.6 Å². The normalized spacial score (nSPS) is 54.6. The second kappa shape index (κ2) is 9.30. The van der Waals surface area contributed by atoms with Crippen molar-refractivity contribution >= 4 is 0 Å². The van der Waals surface area contributed by atoms with E-state index in [1.54, 1.807) is 16.7 Å². The summed E-state index contributed by atoms with van der Waals surface area (Å²) in [6.45, 7) is 16.7. The van der Waals surface area contributed by atoms with E-state index >= 15 is 0 Å². The summed E-state index contributed by atoms with van der Waals surface area (Å²) in [5.41, 5.74) is 7.37. The fourth-order valence-corrected chi connectivity index (χ4v) is 14.3. The second-order valence-corrected chi connectivity index (χ2v) is 17.6. The van der Waals surface area contributed by atoms with Crippen LogP contribution in [0.2, 0.25) is 0 Å². The molecule has 0 amide bonds. The quantitative estimate of drug-likeness (QED) is 0.276. The van der Waals surface area contributed by atoms with Crippen molar-refractivity contribution in [2.75, 3.05) is 6.54 Å². The van der Waals surface area contributed by atoms with Crippen molar-refractivity contribution < 1.29 is 10.2 Å². The van der Waals surface area contributed by atoms with E-state index in [9.17, 15) is 10.2 Å². The van der Waals surface area contributed by atoms with Crippen LogP contribution in [0, 0.1) is 52.3 Å². The molecule has 2 heterocycles. The van der Waals surface area contributed by atoms with E-state index in [-0.39, 0.29) is 29.3 Å². The number of aliphatic hydroxyl groups is 2. The minimum atomic E-state index is -0.364.